The maximum Gasteiger partial charge on any atom is 0.244 e. The fourth-order valence-electron chi connectivity index (χ4n) is 4.32. The monoisotopic (exact) mass is 585 g/mol. The summed E-state index contributed by atoms with van der Waals surface area (Å²) >= 11 is 0. The highest BCUT2D eigenvalue weighted by Gasteiger charge is 2.34. The van der Waals surface area contributed by atoms with Gasteiger partial charge in [0, 0.05) is 31.1 Å². The van der Waals surface area contributed by atoms with Crippen molar-refractivity contribution in [2.45, 2.75) is 32.4 Å². The van der Waals surface area contributed by atoms with Crippen LogP contribution in [0, 0.1) is 5.82 Å². The van der Waals surface area contributed by atoms with Gasteiger partial charge in [0.2, 0.25) is 21.8 Å². The SMILES string of the molecule is CCCNC(=O)[C@@H](Cc1ccccc1)N(Cc1ccccc1F)C(=O)CN(c1ccc(OC)cc1OC)S(C)(=O)=O. The van der Waals surface area contributed by atoms with Gasteiger partial charge in [0.25, 0.3) is 0 Å². The van der Waals surface area contributed by atoms with E-state index in [-0.39, 0.29) is 30.0 Å². The van der Waals surface area contributed by atoms with Gasteiger partial charge in [-0.3, -0.25) is 13.9 Å². The molecule has 0 aliphatic heterocycles. The minimum atomic E-state index is -4.01. The van der Waals surface area contributed by atoms with Gasteiger partial charge in [-0.1, -0.05) is 55.5 Å². The van der Waals surface area contributed by atoms with Crippen LogP contribution in [0.2, 0.25) is 0 Å². The van der Waals surface area contributed by atoms with Crippen molar-refractivity contribution < 1.29 is 31.9 Å². The van der Waals surface area contributed by atoms with Gasteiger partial charge in [0.15, 0.2) is 0 Å². The average Bonchev–Trinajstić information content (AvgIpc) is 2.96. The van der Waals surface area contributed by atoms with Crippen molar-refractivity contribution in [3.63, 3.8) is 0 Å². The van der Waals surface area contributed by atoms with Crippen molar-refractivity contribution in [1.82, 2.24) is 10.2 Å². The molecule has 2 amide bonds. The van der Waals surface area contributed by atoms with Crippen molar-refractivity contribution in [3.05, 3.63) is 89.7 Å². The molecule has 0 aromatic heterocycles. The Labute approximate surface area is 240 Å². The summed E-state index contributed by atoms with van der Waals surface area (Å²) in [5, 5.41) is 2.84. The molecule has 0 heterocycles. The van der Waals surface area contributed by atoms with Crippen LogP contribution in [0.15, 0.2) is 72.8 Å². The number of nitrogens with one attached hydrogen (secondary N) is 1. The molecule has 0 fully saturated rings. The van der Waals surface area contributed by atoms with E-state index in [4.69, 9.17) is 9.47 Å². The van der Waals surface area contributed by atoms with Crippen LogP contribution in [-0.2, 0) is 32.6 Å². The Kier molecular flexibility index (Phi) is 11.1. The lowest BCUT2D eigenvalue weighted by atomic mass is 10.0. The number of anilines is 1. The molecule has 3 aromatic carbocycles. The molecule has 1 atom stereocenters. The number of carbonyl (C=O) groups is 2. The second-order valence-electron chi connectivity index (χ2n) is 9.42. The Bertz CT molecular complexity index is 1440. The van der Waals surface area contributed by atoms with E-state index in [1.807, 2.05) is 37.3 Å². The maximum absolute atomic E-state index is 14.8. The average molecular weight is 586 g/mol. The van der Waals surface area contributed by atoms with Crippen molar-refractivity contribution in [2.75, 3.05) is 37.9 Å². The number of sulfonamides is 1. The van der Waals surface area contributed by atoms with Crippen molar-refractivity contribution in [2.24, 2.45) is 0 Å². The number of ether oxygens (including phenoxy) is 2. The molecule has 0 unspecified atom stereocenters. The van der Waals surface area contributed by atoms with Crippen LogP contribution in [0.5, 0.6) is 11.5 Å². The third-order valence-corrected chi connectivity index (χ3v) is 7.58. The number of amides is 2. The van der Waals surface area contributed by atoms with Gasteiger partial charge in [0.1, 0.15) is 29.9 Å². The molecule has 0 aliphatic carbocycles. The number of carbonyl (C=O) groups excluding carboxylic acids is 2. The van der Waals surface area contributed by atoms with Crippen LogP contribution < -0.4 is 19.1 Å². The molecular formula is C30H36FN3O6S. The predicted octanol–water partition coefficient (Wildman–Crippen LogP) is 3.78. The fraction of sp³-hybridized carbons (Fsp3) is 0.333. The lowest BCUT2D eigenvalue weighted by Gasteiger charge is -2.33. The normalized spacial score (nSPS) is 11.8. The summed E-state index contributed by atoms with van der Waals surface area (Å²) in [5.74, 6) is -1.06. The van der Waals surface area contributed by atoms with Crippen LogP contribution in [0.1, 0.15) is 24.5 Å². The third-order valence-electron chi connectivity index (χ3n) is 6.45. The highest BCUT2D eigenvalue weighted by Crippen LogP contribution is 2.34. The highest BCUT2D eigenvalue weighted by molar-refractivity contribution is 7.92. The van der Waals surface area contributed by atoms with E-state index >= 15 is 0 Å². The Balaban J connectivity index is 2.09. The van der Waals surface area contributed by atoms with Crippen LogP contribution in [0.3, 0.4) is 0 Å². The Hall–Kier alpha value is -4.12. The second kappa shape index (κ2) is 14.5. The minimum absolute atomic E-state index is 0.116. The lowest BCUT2D eigenvalue weighted by molar-refractivity contribution is -0.140. The second-order valence-corrected chi connectivity index (χ2v) is 11.3. The summed E-state index contributed by atoms with van der Waals surface area (Å²) < 4.78 is 52.3. The first kappa shape index (κ1) is 31.4. The zero-order valence-corrected chi connectivity index (χ0v) is 24.5. The van der Waals surface area contributed by atoms with Crippen molar-refractivity contribution >= 4 is 27.5 Å². The summed E-state index contributed by atoms with van der Waals surface area (Å²) in [6.45, 7) is 1.38. The first-order valence-corrected chi connectivity index (χ1v) is 15.0. The van der Waals surface area contributed by atoms with E-state index < -0.39 is 40.2 Å². The lowest BCUT2D eigenvalue weighted by Crippen LogP contribution is -2.53. The number of hydrogen-bond donors (Lipinski definition) is 1. The minimum Gasteiger partial charge on any atom is -0.497 e. The molecule has 3 aromatic rings. The van der Waals surface area contributed by atoms with Crippen LogP contribution in [-0.4, -0.2) is 64.7 Å². The fourth-order valence-corrected chi connectivity index (χ4v) is 5.17. The van der Waals surface area contributed by atoms with E-state index in [1.165, 1.54) is 49.5 Å². The molecule has 1 N–H and O–H groups in total. The van der Waals surface area contributed by atoms with E-state index in [1.54, 1.807) is 12.1 Å². The number of nitrogens with zero attached hydrogens (tertiary/aromatic N) is 2. The molecule has 0 bridgehead atoms. The summed E-state index contributed by atoms with van der Waals surface area (Å²) in [4.78, 5) is 28.8. The Morgan fingerprint density at radius 2 is 1.66 bits per heavy atom. The van der Waals surface area contributed by atoms with Crippen LogP contribution in [0.4, 0.5) is 10.1 Å². The molecule has 220 valence electrons. The number of methoxy groups -OCH3 is 2. The molecule has 11 heteroatoms. The molecular weight excluding hydrogens is 549 g/mol. The topological polar surface area (TPSA) is 105 Å². The molecule has 0 radical (unpaired) electrons. The van der Waals surface area contributed by atoms with Gasteiger partial charge in [-0.05, 0) is 30.2 Å². The summed E-state index contributed by atoms with van der Waals surface area (Å²) in [7, 11) is -1.17. The summed E-state index contributed by atoms with van der Waals surface area (Å²) in [5.41, 5.74) is 1.09. The van der Waals surface area contributed by atoms with Crippen LogP contribution >= 0.6 is 0 Å². The third kappa shape index (κ3) is 8.43. The van der Waals surface area contributed by atoms with Crippen molar-refractivity contribution in [3.8, 4) is 11.5 Å². The van der Waals surface area contributed by atoms with E-state index in [0.717, 1.165) is 16.1 Å². The first-order valence-electron chi connectivity index (χ1n) is 13.1. The molecule has 0 spiro atoms. The Morgan fingerprint density at radius 1 is 0.976 bits per heavy atom. The van der Waals surface area contributed by atoms with Gasteiger partial charge in [0.05, 0.1) is 26.2 Å². The molecule has 3 rings (SSSR count). The predicted molar refractivity (Wildman–Crippen MR) is 156 cm³/mol. The van der Waals surface area contributed by atoms with Gasteiger partial charge in [-0.25, -0.2) is 12.8 Å². The van der Waals surface area contributed by atoms with Gasteiger partial charge >= 0.3 is 0 Å². The molecule has 0 saturated carbocycles. The summed E-state index contributed by atoms with van der Waals surface area (Å²) in [6.07, 6.45) is 1.78. The zero-order valence-electron chi connectivity index (χ0n) is 23.7. The van der Waals surface area contributed by atoms with Gasteiger partial charge in [-0.15, -0.1) is 0 Å². The zero-order chi connectivity index (χ0) is 30.0. The van der Waals surface area contributed by atoms with Crippen LogP contribution in [0.25, 0.3) is 0 Å². The number of benzene rings is 3. The smallest absolute Gasteiger partial charge is 0.244 e. The molecule has 0 aliphatic rings. The Morgan fingerprint density at radius 3 is 2.27 bits per heavy atom. The van der Waals surface area contributed by atoms with E-state index in [9.17, 15) is 22.4 Å². The first-order chi connectivity index (χ1) is 19.6. The van der Waals surface area contributed by atoms with Crippen molar-refractivity contribution in [1.29, 1.82) is 0 Å². The quantitative estimate of drug-likeness (QED) is 0.309. The molecule has 41 heavy (non-hydrogen) atoms. The molecule has 9 nitrogen and oxygen atoms in total. The number of rotatable bonds is 14. The van der Waals surface area contributed by atoms with Gasteiger partial charge < -0.3 is 19.7 Å². The maximum atomic E-state index is 14.8. The molecule has 0 saturated heterocycles. The number of halogens is 1. The van der Waals surface area contributed by atoms with E-state index in [0.29, 0.717) is 18.7 Å². The highest BCUT2D eigenvalue weighted by atomic mass is 32.2. The standard InChI is InChI=1S/C30H36FN3O6S/c1-5-17-32-30(36)27(18-22-11-7-6-8-12-22)33(20-23-13-9-10-14-25(23)31)29(35)21-34(41(4,37)38)26-16-15-24(39-2)19-28(26)40-3/h6-16,19,27H,5,17-18,20-21H2,1-4H3,(H,32,36)/t27-/m1/s1. The largest absolute Gasteiger partial charge is 0.497 e. The van der Waals surface area contributed by atoms with E-state index in [2.05, 4.69) is 5.32 Å². The summed E-state index contributed by atoms with van der Waals surface area (Å²) in [6, 6.07) is 18.6. The van der Waals surface area contributed by atoms with Gasteiger partial charge in [-0.2, -0.15) is 0 Å². The number of hydrogen-bond acceptors (Lipinski definition) is 6.